The Labute approximate surface area is 115 Å². The zero-order valence-electron chi connectivity index (χ0n) is 11.3. The van der Waals surface area contributed by atoms with Gasteiger partial charge in [-0.05, 0) is 31.5 Å². The van der Waals surface area contributed by atoms with Crippen LogP contribution in [0.4, 0.5) is 14.6 Å². The molecule has 106 valence electrons. The summed E-state index contributed by atoms with van der Waals surface area (Å²) in [6.45, 7) is 4.47. The van der Waals surface area contributed by atoms with Gasteiger partial charge >= 0.3 is 0 Å². The fourth-order valence-electron chi connectivity index (χ4n) is 1.69. The maximum atomic E-state index is 13.1. The first-order valence-corrected chi connectivity index (χ1v) is 6.24. The van der Waals surface area contributed by atoms with Crippen LogP contribution in [0.3, 0.4) is 0 Å². The summed E-state index contributed by atoms with van der Waals surface area (Å²) >= 11 is 0. The molecule has 0 fully saturated rings. The molecule has 2 aromatic rings. The standard InChI is InChI=1S/C14H15F2N3O/c1-3-20-14-7-13(18-9(2)19-14)17-8-10-4-5-11(15)12(16)6-10/h4-7H,3,8H2,1-2H3,(H,17,18,19). The fourth-order valence-corrected chi connectivity index (χ4v) is 1.69. The summed E-state index contributed by atoms with van der Waals surface area (Å²) < 4.78 is 31.2. The maximum absolute atomic E-state index is 13.1. The topological polar surface area (TPSA) is 47.0 Å². The highest BCUT2D eigenvalue weighted by molar-refractivity contribution is 5.39. The lowest BCUT2D eigenvalue weighted by Gasteiger charge is -2.09. The lowest BCUT2D eigenvalue weighted by atomic mass is 10.2. The predicted molar refractivity (Wildman–Crippen MR) is 71.6 cm³/mol. The van der Waals surface area contributed by atoms with Gasteiger partial charge in [0.05, 0.1) is 6.61 Å². The Kier molecular flexibility index (Phi) is 4.45. The van der Waals surface area contributed by atoms with Crippen molar-refractivity contribution in [3.8, 4) is 5.88 Å². The molecule has 1 aromatic carbocycles. The van der Waals surface area contributed by atoms with E-state index in [1.165, 1.54) is 6.07 Å². The van der Waals surface area contributed by atoms with Gasteiger partial charge in [0.1, 0.15) is 11.6 Å². The van der Waals surface area contributed by atoms with Gasteiger partial charge in [0.15, 0.2) is 11.6 Å². The van der Waals surface area contributed by atoms with Gasteiger partial charge in [-0.3, -0.25) is 0 Å². The molecule has 0 aliphatic rings. The third-order valence-electron chi connectivity index (χ3n) is 2.56. The Bertz CT molecular complexity index is 605. The number of benzene rings is 1. The Balaban J connectivity index is 2.08. The summed E-state index contributed by atoms with van der Waals surface area (Å²) in [5.74, 6) is -0.0920. The highest BCUT2D eigenvalue weighted by Gasteiger charge is 2.05. The molecule has 1 aromatic heterocycles. The number of ether oxygens (including phenoxy) is 1. The van der Waals surface area contributed by atoms with E-state index in [1.54, 1.807) is 13.0 Å². The molecule has 0 aliphatic carbocycles. The van der Waals surface area contributed by atoms with Crippen molar-refractivity contribution in [2.75, 3.05) is 11.9 Å². The third-order valence-corrected chi connectivity index (χ3v) is 2.56. The number of aromatic nitrogens is 2. The quantitative estimate of drug-likeness (QED) is 0.913. The van der Waals surface area contributed by atoms with Gasteiger partial charge in [0, 0.05) is 12.6 Å². The number of hydrogen-bond acceptors (Lipinski definition) is 4. The van der Waals surface area contributed by atoms with Crippen LogP contribution in [0, 0.1) is 18.6 Å². The molecule has 0 radical (unpaired) electrons. The second kappa shape index (κ2) is 6.27. The minimum absolute atomic E-state index is 0.333. The van der Waals surface area contributed by atoms with Crippen LogP contribution in [0.15, 0.2) is 24.3 Å². The molecule has 1 heterocycles. The van der Waals surface area contributed by atoms with Gasteiger partial charge < -0.3 is 10.1 Å². The highest BCUT2D eigenvalue weighted by atomic mass is 19.2. The van der Waals surface area contributed by atoms with Crippen molar-refractivity contribution < 1.29 is 13.5 Å². The van der Waals surface area contributed by atoms with E-state index in [2.05, 4.69) is 15.3 Å². The summed E-state index contributed by atoms with van der Waals surface area (Å²) in [4.78, 5) is 8.32. The first-order chi connectivity index (χ1) is 9.58. The van der Waals surface area contributed by atoms with Crippen LogP contribution in [-0.2, 0) is 6.54 Å². The molecule has 0 unspecified atom stereocenters. The average Bonchev–Trinajstić information content (AvgIpc) is 2.40. The molecular weight excluding hydrogens is 264 g/mol. The molecule has 1 N–H and O–H groups in total. The lowest BCUT2D eigenvalue weighted by Crippen LogP contribution is -2.05. The Morgan fingerprint density at radius 3 is 2.65 bits per heavy atom. The molecule has 4 nitrogen and oxygen atoms in total. The summed E-state index contributed by atoms with van der Waals surface area (Å²) in [6, 6.07) is 5.43. The number of nitrogens with one attached hydrogen (secondary N) is 1. The molecule has 0 spiro atoms. The van der Waals surface area contributed by atoms with E-state index in [0.29, 0.717) is 36.2 Å². The molecule has 20 heavy (non-hydrogen) atoms. The fraction of sp³-hybridized carbons (Fsp3) is 0.286. The number of aryl methyl sites for hydroxylation is 1. The Morgan fingerprint density at radius 2 is 1.95 bits per heavy atom. The zero-order valence-corrected chi connectivity index (χ0v) is 11.3. The molecule has 0 amide bonds. The van der Waals surface area contributed by atoms with Crippen molar-refractivity contribution in [1.29, 1.82) is 0 Å². The van der Waals surface area contributed by atoms with E-state index in [1.807, 2.05) is 6.92 Å². The zero-order chi connectivity index (χ0) is 14.5. The van der Waals surface area contributed by atoms with E-state index >= 15 is 0 Å². The summed E-state index contributed by atoms with van der Waals surface area (Å²) in [5, 5.41) is 3.03. The normalized spacial score (nSPS) is 10.4. The van der Waals surface area contributed by atoms with E-state index in [9.17, 15) is 8.78 Å². The van der Waals surface area contributed by atoms with E-state index < -0.39 is 11.6 Å². The van der Waals surface area contributed by atoms with Crippen molar-refractivity contribution in [2.45, 2.75) is 20.4 Å². The van der Waals surface area contributed by atoms with E-state index in [4.69, 9.17) is 4.74 Å². The maximum Gasteiger partial charge on any atom is 0.218 e. The molecule has 0 saturated carbocycles. The molecule has 2 rings (SSSR count). The van der Waals surface area contributed by atoms with Crippen LogP contribution >= 0.6 is 0 Å². The summed E-state index contributed by atoms with van der Waals surface area (Å²) in [7, 11) is 0. The molecule has 0 bridgehead atoms. The Hall–Kier alpha value is -2.24. The second-order valence-electron chi connectivity index (χ2n) is 4.17. The lowest BCUT2D eigenvalue weighted by molar-refractivity contribution is 0.325. The smallest absolute Gasteiger partial charge is 0.218 e. The van der Waals surface area contributed by atoms with E-state index in [0.717, 1.165) is 12.1 Å². The average molecular weight is 279 g/mol. The van der Waals surface area contributed by atoms with Crippen LogP contribution < -0.4 is 10.1 Å². The van der Waals surface area contributed by atoms with Gasteiger partial charge in [-0.1, -0.05) is 6.07 Å². The number of nitrogens with zero attached hydrogens (tertiary/aromatic N) is 2. The van der Waals surface area contributed by atoms with Crippen molar-refractivity contribution in [1.82, 2.24) is 9.97 Å². The Morgan fingerprint density at radius 1 is 1.15 bits per heavy atom. The SMILES string of the molecule is CCOc1cc(NCc2ccc(F)c(F)c2)nc(C)n1. The van der Waals surface area contributed by atoms with Gasteiger partial charge in [-0.15, -0.1) is 0 Å². The van der Waals surface area contributed by atoms with Crippen molar-refractivity contribution in [3.63, 3.8) is 0 Å². The first kappa shape index (κ1) is 14.2. The van der Waals surface area contributed by atoms with Crippen LogP contribution in [0.25, 0.3) is 0 Å². The summed E-state index contributed by atoms with van der Waals surface area (Å²) in [6.07, 6.45) is 0. The number of halogens is 2. The van der Waals surface area contributed by atoms with Gasteiger partial charge in [-0.2, -0.15) is 4.98 Å². The van der Waals surface area contributed by atoms with Crippen molar-refractivity contribution in [2.24, 2.45) is 0 Å². The predicted octanol–water partition coefficient (Wildman–Crippen LogP) is 3.07. The first-order valence-electron chi connectivity index (χ1n) is 6.24. The van der Waals surface area contributed by atoms with Crippen LogP contribution in [0.1, 0.15) is 18.3 Å². The molecule has 0 atom stereocenters. The number of anilines is 1. The molecular formula is C14H15F2N3O. The van der Waals surface area contributed by atoms with E-state index in [-0.39, 0.29) is 0 Å². The summed E-state index contributed by atoms with van der Waals surface area (Å²) in [5.41, 5.74) is 0.623. The van der Waals surface area contributed by atoms with Crippen LogP contribution in [-0.4, -0.2) is 16.6 Å². The van der Waals surface area contributed by atoms with Gasteiger partial charge in [-0.25, -0.2) is 13.8 Å². The number of hydrogen-bond donors (Lipinski definition) is 1. The molecule has 0 saturated heterocycles. The van der Waals surface area contributed by atoms with Crippen molar-refractivity contribution >= 4 is 5.82 Å². The monoisotopic (exact) mass is 279 g/mol. The molecule has 6 heteroatoms. The minimum atomic E-state index is -0.863. The molecule has 0 aliphatic heterocycles. The third kappa shape index (κ3) is 3.63. The highest BCUT2D eigenvalue weighted by Crippen LogP contribution is 2.15. The number of rotatable bonds is 5. The largest absolute Gasteiger partial charge is 0.478 e. The van der Waals surface area contributed by atoms with Crippen LogP contribution in [0.5, 0.6) is 5.88 Å². The van der Waals surface area contributed by atoms with Gasteiger partial charge in [0.2, 0.25) is 5.88 Å². The van der Waals surface area contributed by atoms with Crippen LogP contribution in [0.2, 0.25) is 0 Å². The minimum Gasteiger partial charge on any atom is -0.478 e. The van der Waals surface area contributed by atoms with Crippen molar-refractivity contribution in [3.05, 3.63) is 47.3 Å². The second-order valence-corrected chi connectivity index (χ2v) is 4.17. The van der Waals surface area contributed by atoms with Gasteiger partial charge in [0.25, 0.3) is 0 Å².